The lowest BCUT2D eigenvalue weighted by Crippen LogP contribution is -2.44. The van der Waals surface area contributed by atoms with E-state index in [0.717, 1.165) is 49.6 Å². The van der Waals surface area contributed by atoms with Crippen LogP contribution < -0.4 is 9.64 Å². The number of hydrogen-bond donors (Lipinski definition) is 0. The van der Waals surface area contributed by atoms with E-state index in [1.165, 1.54) is 5.56 Å². The average molecular weight is 274 g/mol. The first-order valence-corrected chi connectivity index (χ1v) is 7.28. The van der Waals surface area contributed by atoms with Crippen LogP contribution in [-0.2, 0) is 6.42 Å². The van der Waals surface area contributed by atoms with Gasteiger partial charge in [0.05, 0.1) is 12.8 Å². The summed E-state index contributed by atoms with van der Waals surface area (Å²) in [6.07, 6.45) is 0.860. The van der Waals surface area contributed by atoms with Crippen LogP contribution in [0.25, 0.3) is 0 Å². The van der Waals surface area contributed by atoms with Crippen LogP contribution in [-0.4, -0.2) is 51.0 Å². The lowest BCUT2D eigenvalue weighted by molar-refractivity contribution is 0.0946. The van der Waals surface area contributed by atoms with Gasteiger partial charge in [0.2, 0.25) is 0 Å². The van der Waals surface area contributed by atoms with Crippen molar-refractivity contribution < 1.29 is 9.53 Å². The summed E-state index contributed by atoms with van der Waals surface area (Å²) in [7, 11) is 3.84. The van der Waals surface area contributed by atoms with Crippen LogP contribution in [0.4, 0.5) is 5.69 Å². The smallest absolute Gasteiger partial charge is 0.166 e. The van der Waals surface area contributed by atoms with Gasteiger partial charge in [0.15, 0.2) is 5.78 Å². The standard InChI is InChI=1S/C16H22N2O2/c1-11-8-12-9-14(18-6-4-17(2)5-7-18)15(20-3)10-13(12)16(11)19/h9-11H,4-8H2,1-3H3/t11-/m0/s1. The van der Waals surface area contributed by atoms with E-state index < -0.39 is 0 Å². The molecule has 108 valence electrons. The summed E-state index contributed by atoms with van der Waals surface area (Å²) in [5, 5.41) is 0. The lowest BCUT2D eigenvalue weighted by Gasteiger charge is -2.35. The highest BCUT2D eigenvalue weighted by Gasteiger charge is 2.29. The zero-order chi connectivity index (χ0) is 14.3. The second-order valence-corrected chi connectivity index (χ2v) is 5.94. The Labute approximate surface area is 120 Å². The minimum absolute atomic E-state index is 0.109. The van der Waals surface area contributed by atoms with Crippen LogP contribution in [0.2, 0.25) is 0 Å². The van der Waals surface area contributed by atoms with E-state index in [9.17, 15) is 4.79 Å². The van der Waals surface area contributed by atoms with Crippen LogP contribution in [0.15, 0.2) is 12.1 Å². The molecule has 0 aromatic heterocycles. The predicted octanol–water partition coefficient (Wildman–Crippen LogP) is 1.82. The maximum absolute atomic E-state index is 12.1. The highest BCUT2D eigenvalue weighted by molar-refractivity contribution is 6.03. The molecule has 1 aromatic carbocycles. The van der Waals surface area contributed by atoms with E-state index in [-0.39, 0.29) is 11.7 Å². The molecule has 1 atom stereocenters. The molecule has 1 aliphatic carbocycles. The van der Waals surface area contributed by atoms with Crippen molar-refractivity contribution in [2.75, 3.05) is 45.2 Å². The van der Waals surface area contributed by atoms with E-state index in [1.54, 1.807) is 7.11 Å². The molecule has 0 radical (unpaired) electrons. The van der Waals surface area contributed by atoms with E-state index in [0.29, 0.717) is 0 Å². The highest BCUT2D eigenvalue weighted by atomic mass is 16.5. The van der Waals surface area contributed by atoms with Gasteiger partial charge in [-0.25, -0.2) is 0 Å². The quantitative estimate of drug-likeness (QED) is 0.823. The van der Waals surface area contributed by atoms with Crippen LogP contribution in [0.5, 0.6) is 5.75 Å². The molecule has 1 saturated heterocycles. The number of likely N-dealkylation sites (N-methyl/N-ethyl adjacent to an activating group) is 1. The molecule has 0 unspecified atom stereocenters. The van der Waals surface area contributed by atoms with Gasteiger partial charge in [-0.15, -0.1) is 0 Å². The third kappa shape index (κ3) is 2.18. The van der Waals surface area contributed by atoms with E-state index in [2.05, 4.69) is 22.9 Å². The Morgan fingerprint density at radius 1 is 1.20 bits per heavy atom. The van der Waals surface area contributed by atoms with Crippen molar-refractivity contribution in [2.24, 2.45) is 5.92 Å². The fraction of sp³-hybridized carbons (Fsp3) is 0.562. The molecule has 0 spiro atoms. The minimum atomic E-state index is 0.109. The number of fused-ring (bicyclic) bond motifs is 1. The second-order valence-electron chi connectivity index (χ2n) is 5.94. The van der Waals surface area contributed by atoms with Crippen LogP contribution in [0.3, 0.4) is 0 Å². The van der Waals surface area contributed by atoms with Crippen molar-refractivity contribution in [3.8, 4) is 5.75 Å². The number of anilines is 1. The van der Waals surface area contributed by atoms with Crippen molar-refractivity contribution in [3.05, 3.63) is 23.3 Å². The second kappa shape index (κ2) is 5.09. The van der Waals surface area contributed by atoms with Crippen LogP contribution in [0.1, 0.15) is 22.8 Å². The maximum Gasteiger partial charge on any atom is 0.166 e. The number of Topliss-reactive ketones (excluding diaryl/α,β-unsaturated/α-hetero) is 1. The van der Waals surface area contributed by atoms with Crippen molar-refractivity contribution >= 4 is 11.5 Å². The van der Waals surface area contributed by atoms with Crippen molar-refractivity contribution in [1.29, 1.82) is 0 Å². The zero-order valence-electron chi connectivity index (χ0n) is 12.5. The Morgan fingerprint density at radius 2 is 1.90 bits per heavy atom. The monoisotopic (exact) mass is 274 g/mol. The number of methoxy groups -OCH3 is 1. The summed E-state index contributed by atoms with van der Waals surface area (Å²) >= 11 is 0. The first-order valence-electron chi connectivity index (χ1n) is 7.28. The molecular weight excluding hydrogens is 252 g/mol. The Morgan fingerprint density at radius 3 is 2.55 bits per heavy atom. The highest BCUT2D eigenvalue weighted by Crippen LogP contribution is 2.37. The number of carbonyl (C=O) groups excluding carboxylic acids is 1. The molecule has 1 aromatic rings. The number of piperazine rings is 1. The molecule has 4 heteroatoms. The van der Waals surface area contributed by atoms with Gasteiger partial charge in [-0.05, 0) is 31.2 Å². The molecule has 0 bridgehead atoms. The van der Waals surface area contributed by atoms with Gasteiger partial charge in [0, 0.05) is 37.7 Å². The molecule has 1 heterocycles. The number of ether oxygens (including phenoxy) is 1. The summed E-state index contributed by atoms with van der Waals surface area (Å²) in [6.45, 7) is 6.15. The molecule has 0 amide bonds. The number of carbonyl (C=O) groups is 1. The Bertz CT molecular complexity index is 534. The Kier molecular flexibility index (Phi) is 3.42. The van der Waals surface area contributed by atoms with E-state index >= 15 is 0 Å². The first-order chi connectivity index (χ1) is 9.60. The van der Waals surface area contributed by atoms with Gasteiger partial charge in [0.25, 0.3) is 0 Å². The largest absolute Gasteiger partial charge is 0.495 e. The van der Waals surface area contributed by atoms with Crippen molar-refractivity contribution in [2.45, 2.75) is 13.3 Å². The maximum atomic E-state index is 12.1. The van der Waals surface area contributed by atoms with Gasteiger partial charge in [-0.1, -0.05) is 6.92 Å². The van der Waals surface area contributed by atoms with E-state index in [1.807, 2.05) is 13.0 Å². The van der Waals surface area contributed by atoms with Gasteiger partial charge < -0.3 is 14.5 Å². The van der Waals surface area contributed by atoms with Gasteiger partial charge >= 0.3 is 0 Å². The Hall–Kier alpha value is -1.55. The van der Waals surface area contributed by atoms with Crippen molar-refractivity contribution in [1.82, 2.24) is 4.90 Å². The predicted molar refractivity (Wildman–Crippen MR) is 79.9 cm³/mol. The third-order valence-electron chi connectivity index (χ3n) is 4.49. The molecular formula is C16H22N2O2. The normalized spacial score (nSPS) is 23.1. The molecule has 0 saturated carbocycles. The lowest BCUT2D eigenvalue weighted by atomic mass is 10.1. The summed E-state index contributed by atoms with van der Waals surface area (Å²) in [5.41, 5.74) is 3.17. The molecule has 0 N–H and O–H groups in total. The fourth-order valence-electron chi connectivity index (χ4n) is 3.16. The summed E-state index contributed by atoms with van der Waals surface area (Å²) < 4.78 is 5.53. The summed E-state index contributed by atoms with van der Waals surface area (Å²) in [6, 6.07) is 4.11. The summed E-state index contributed by atoms with van der Waals surface area (Å²) in [4.78, 5) is 16.8. The average Bonchev–Trinajstić information content (AvgIpc) is 2.73. The number of benzene rings is 1. The number of hydrogen-bond acceptors (Lipinski definition) is 4. The third-order valence-corrected chi connectivity index (χ3v) is 4.49. The van der Waals surface area contributed by atoms with Crippen LogP contribution >= 0.6 is 0 Å². The molecule has 1 fully saturated rings. The van der Waals surface area contributed by atoms with E-state index in [4.69, 9.17) is 4.74 Å². The molecule has 4 nitrogen and oxygen atoms in total. The van der Waals surface area contributed by atoms with Gasteiger partial charge in [-0.2, -0.15) is 0 Å². The number of rotatable bonds is 2. The first kappa shape index (κ1) is 13.4. The van der Waals surface area contributed by atoms with Crippen molar-refractivity contribution in [3.63, 3.8) is 0 Å². The molecule has 3 rings (SSSR count). The van der Waals surface area contributed by atoms with Crippen LogP contribution in [0, 0.1) is 5.92 Å². The minimum Gasteiger partial charge on any atom is -0.495 e. The topological polar surface area (TPSA) is 32.8 Å². The number of nitrogens with zero attached hydrogens (tertiary/aromatic N) is 2. The SMILES string of the molecule is COc1cc2c(cc1N1CCN(C)CC1)C[C@H](C)C2=O. The summed E-state index contributed by atoms with van der Waals surface area (Å²) in [5.74, 6) is 1.19. The Balaban J connectivity index is 1.96. The molecule has 20 heavy (non-hydrogen) atoms. The molecule has 1 aliphatic heterocycles. The zero-order valence-corrected chi connectivity index (χ0v) is 12.5. The van der Waals surface area contributed by atoms with Gasteiger partial charge in [0.1, 0.15) is 5.75 Å². The fourth-order valence-corrected chi connectivity index (χ4v) is 3.16. The number of ketones is 1. The molecule has 2 aliphatic rings. The van der Waals surface area contributed by atoms with Gasteiger partial charge in [-0.3, -0.25) is 4.79 Å².